The van der Waals surface area contributed by atoms with Crippen LogP contribution in [0.25, 0.3) is 0 Å². The molecule has 0 unspecified atom stereocenters. The molecule has 0 spiro atoms. The van der Waals surface area contributed by atoms with E-state index >= 15 is 0 Å². The number of rotatable bonds is 6. The van der Waals surface area contributed by atoms with E-state index in [1.54, 1.807) is 31.4 Å². The van der Waals surface area contributed by atoms with Crippen LogP contribution < -0.4 is 4.74 Å². The van der Waals surface area contributed by atoms with Crippen molar-refractivity contribution in [1.29, 1.82) is 0 Å². The predicted molar refractivity (Wildman–Crippen MR) is 69.7 cm³/mol. The number of hydrogen-bond donors (Lipinski definition) is 1. The molecular formula is C14H15NO5. The Bertz CT molecular complexity index is 605. The Kier molecular flexibility index (Phi) is 4.37. The number of benzene rings is 1. The Morgan fingerprint density at radius 1 is 1.35 bits per heavy atom. The van der Waals surface area contributed by atoms with Gasteiger partial charge in [-0.1, -0.05) is 16.8 Å². The Morgan fingerprint density at radius 3 is 2.85 bits per heavy atom. The second-order valence-corrected chi connectivity index (χ2v) is 4.31. The third kappa shape index (κ3) is 3.36. The second kappa shape index (κ2) is 6.21. The third-order valence-electron chi connectivity index (χ3n) is 2.64. The van der Waals surface area contributed by atoms with Crippen molar-refractivity contribution in [3.05, 3.63) is 46.8 Å². The fourth-order valence-electron chi connectivity index (χ4n) is 1.72. The molecule has 0 amide bonds. The molecule has 0 fully saturated rings. The summed E-state index contributed by atoms with van der Waals surface area (Å²) in [6, 6.07) is 6.70. The lowest BCUT2D eigenvalue weighted by Gasteiger charge is -2.08. The normalized spacial score (nSPS) is 10.5. The van der Waals surface area contributed by atoms with Gasteiger partial charge in [-0.3, -0.25) is 0 Å². The lowest BCUT2D eigenvalue weighted by molar-refractivity contribution is 0.0691. The maximum atomic E-state index is 11.1. The molecule has 0 aliphatic rings. The van der Waals surface area contributed by atoms with Crippen LogP contribution in [0.5, 0.6) is 5.75 Å². The van der Waals surface area contributed by atoms with E-state index in [0.717, 1.165) is 5.56 Å². The summed E-state index contributed by atoms with van der Waals surface area (Å²) in [6.07, 6.45) is 0. The summed E-state index contributed by atoms with van der Waals surface area (Å²) in [5.74, 6) is -0.128. The summed E-state index contributed by atoms with van der Waals surface area (Å²) in [4.78, 5) is 11.1. The number of carboxylic acid groups (broad SMARTS) is 1. The van der Waals surface area contributed by atoms with Crippen LogP contribution in [0.15, 0.2) is 28.8 Å². The van der Waals surface area contributed by atoms with Gasteiger partial charge in [0.25, 0.3) is 0 Å². The van der Waals surface area contributed by atoms with Crippen LogP contribution in [0.3, 0.4) is 0 Å². The lowest BCUT2D eigenvalue weighted by Crippen LogP contribution is -2.04. The first kappa shape index (κ1) is 14.1. The molecule has 106 valence electrons. The minimum atomic E-state index is -1.02. The highest BCUT2D eigenvalue weighted by Gasteiger charge is 2.12. The Hall–Kier alpha value is -2.34. The standard InChI is InChI=1S/C14H15NO5/c1-9-3-4-13(12(5-9)14(16)17)19-7-10-6-11(8-18-2)20-15-10/h3-6H,7-8H2,1-2H3,(H,16,17). The van der Waals surface area contributed by atoms with Crippen LogP contribution in [0.1, 0.15) is 27.4 Å². The number of methoxy groups -OCH3 is 1. The van der Waals surface area contributed by atoms with Gasteiger partial charge in [0.05, 0.1) is 0 Å². The molecule has 0 radical (unpaired) electrons. The first-order chi connectivity index (χ1) is 9.60. The summed E-state index contributed by atoms with van der Waals surface area (Å²) in [5, 5.41) is 12.9. The largest absolute Gasteiger partial charge is 0.486 e. The molecule has 1 N–H and O–H groups in total. The number of aryl methyl sites for hydroxylation is 1. The van der Waals surface area contributed by atoms with Gasteiger partial charge in [-0.05, 0) is 19.1 Å². The molecule has 1 aromatic carbocycles. The van der Waals surface area contributed by atoms with Crippen molar-refractivity contribution in [2.24, 2.45) is 0 Å². The number of hydrogen-bond acceptors (Lipinski definition) is 5. The highest BCUT2D eigenvalue weighted by molar-refractivity contribution is 5.91. The van der Waals surface area contributed by atoms with Crippen molar-refractivity contribution in [3.63, 3.8) is 0 Å². The summed E-state index contributed by atoms with van der Waals surface area (Å²) < 4.78 is 15.4. The van der Waals surface area contributed by atoms with Gasteiger partial charge in [-0.2, -0.15) is 0 Å². The van der Waals surface area contributed by atoms with Crippen molar-refractivity contribution in [1.82, 2.24) is 5.16 Å². The van der Waals surface area contributed by atoms with Crippen molar-refractivity contribution in [2.75, 3.05) is 7.11 Å². The van der Waals surface area contributed by atoms with E-state index in [1.165, 1.54) is 0 Å². The molecule has 0 atom stereocenters. The van der Waals surface area contributed by atoms with Crippen molar-refractivity contribution >= 4 is 5.97 Å². The fraction of sp³-hybridized carbons (Fsp3) is 0.286. The van der Waals surface area contributed by atoms with E-state index in [9.17, 15) is 4.79 Å². The first-order valence-corrected chi connectivity index (χ1v) is 6.00. The summed E-state index contributed by atoms with van der Waals surface area (Å²) >= 11 is 0. The van der Waals surface area contributed by atoms with E-state index in [2.05, 4.69) is 5.16 Å². The first-order valence-electron chi connectivity index (χ1n) is 6.00. The maximum Gasteiger partial charge on any atom is 0.339 e. The lowest BCUT2D eigenvalue weighted by atomic mass is 10.1. The van der Waals surface area contributed by atoms with Gasteiger partial charge in [0.1, 0.15) is 30.2 Å². The van der Waals surface area contributed by atoms with Gasteiger partial charge in [-0.15, -0.1) is 0 Å². The number of aromatic nitrogens is 1. The van der Waals surface area contributed by atoms with Crippen LogP contribution in [0.2, 0.25) is 0 Å². The molecule has 0 bridgehead atoms. The monoisotopic (exact) mass is 277 g/mol. The average molecular weight is 277 g/mol. The van der Waals surface area contributed by atoms with Gasteiger partial charge in [0.2, 0.25) is 0 Å². The summed E-state index contributed by atoms with van der Waals surface area (Å²) in [6.45, 7) is 2.29. The van der Waals surface area contributed by atoms with Crippen molar-refractivity contribution < 1.29 is 23.9 Å². The van der Waals surface area contributed by atoms with Gasteiger partial charge in [-0.25, -0.2) is 4.79 Å². The van der Waals surface area contributed by atoms with Crippen LogP contribution in [0, 0.1) is 6.92 Å². The molecule has 1 aromatic heterocycles. The molecule has 6 nitrogen and oxygen atoms in total. The topological polar surface area (TPSA) is 81.8 Å². The van der Waals surface area contributed by atoms with Crippen LogP contribution in [-0.4, -0.2) is 23.3 Å². The van der Waals surface area contributed by atoms with E-state index in [0.29, 0.717) is 23.8 Å². The SMILES string of the molecule is COCc1cc(COc2ccc(C)cc2C(=O)O)no1. The fourth-order valence-corrected chi connectivity index (χ4v) is 1.72. The minimum absolute atomic E-state index is 0.130. The molecule has 6 heteroatoms. The van der Waals surface area contributed by atoms with Gasteiger partial charge >= 0.3 is 5.97 Å². The zero-order chi connectivity index (χ0) is 14.5. The molecule has 20 heavy (non-hydrogen) atoms. The Balaban J connectivity index is 2.08. The molecule has 0 aliphatic heterocycles. The molecule has 1 heterocycles. The molecular weight excluding hydrogens is 262 g/mol. The molecule has 0 saturated heterocycles. The summed E-state index contributed by atoms with van der Waals surface area (Å²) in [7, 11) is 1.56. The number of aromatic carboxylic acids is 1. The van der Waals surface area contributed by atoms with Crippen molar-refractivity contribution in [2.45, 2.75) is 20.1 Å². The smallest absolute Gasteiger partial charge is 0.339 e. The molecule has 2 rings (SSSR count). The second-order valence-electron chi connectivity index (χ2n) is 4.31. The highest BCUT2D eigenvalue weighted by Crippen LogP contribution is 2.21. The zero-order valence-electron chi connectivity index (χ0n) is 11.3. The molecule has 0 aliphatic carbocycles. The zero-order valence-corrected chi connectivity index (χ0v) is 11.3. The highest BCUT2D eigenvalue weighted by atomic mass is 16.5. The predicted octanol–water partition coefficient (Wildman–Crippen LogP) is 2.41. The summed E-state index contributed by atoms with van der Waals surface area (Å²) in [5.41, 5.74) is 1.57. The van der Waals surface area contributed by atoms with Gasteiger partial charge < -0.3 is 19.1 Å². The number of ether oxygens (including phenoxy) is 2. The Labute approximate surface area is 115 Å². The number of carboxylic acids is 1. The van der Waals surface area contributed by atoms with Gasteiger partial charge in [0, 0.05) is 13.2 Å². The maximum absolute atomic E-state index is 11.1. The van der Waals surface area contributed by atoms with E-state index in [-0.39, 0.29) is 12.2 Å². The molecule has 0 saturated carbocycles. The van der Waals surface area contributed by atoms with Crippen molar-refractivity contribution in [3.8, 4) is 5.75 Å². The van der Waals surface area contributed by atoms with E-state index < -0.39 is 5.97 Å². The Morgan fingerprint density at radius 2 is 2.15 bits per heavy atom. The number of carbonyl (C=O) groups is 1. The van der Waals surface area contributed by atoms with Crippen LogP contribution in [-0.2, 0) is 18.0 Å². The van der Waals surface area contributed by atoms with E-state index in [1.807, 2.05) is 6.92 Å². The van der Waals surface area contributed by atoms with Gasteiger partial charge in [0.15, 0.2) is 5.76 Å². The molecule has 2 aromatic rings. The van der Waals surface area contributed by atoms with E-state index in [4.69, 9.17) is 19.1 Å². The third-order valence-corrected chi connectivity index (χ3v) is 2.64. The quantitative estimate of drug-likeness (QED) is 0.873. The number of nitrogens with zero attached hydrogens (tertiary/aromatic N) is 1. The average Bonchev–Trinajstić information content (AvgIpc) is 2.85. The van der Waals surface area contributed by atoms with Crippen LogP contribution in [0.4, 0.5) is 0 Å². The minimum Gasteiger partial charge on any atom is -0.486 e. The van der Waals surface area contributed by atoms with Crippen LogP contribution >= 0.6 is 0 Å².